The molecule has 1 aromatic carbocycles. The molecule has 0 amide bonds. The van der Waals surface area contributed by atoms with Gasteiger partial charge in [-0.2, -0.15) is 0 Å². The van der Waals surface area contributed by atoms with Gasteiger partial charge in [-0.3, -0.25) is 0 Å². The second-order valence-electron chi connectivity index (χ2n) is 2.39. The molecule has 0 saturated carbocycles. The Hall–Kier alpha value is 0.680. The monoisotopic (exact) mass is 252 g/mol. The van der Waals surface area contributed by atoms with Crippen molar-refractivity contribution in [3.8, 4) is 5.75 Å². The van der Waals surface area contributed by atoms with Gasteiger partial charge in [0, 0.05) is 5.75 Å². The minimum Gasteiger partial charge on any atom is -0.497 e. The van der Waals surface area contributed by atoms with Crippen LogP contribution in [0.5, 0.6) is 5.75 Å². The van der Waals surface area contributed by atoms with Crippen molar-refractivity contribution >= 4 is 40.1 Å². The molecule has 0 aromatic heterocycles. The first-order valence-corrected chi connectivity index (χ1v) is 5.49. The Morgan fingerprint density at radius 3 is 2.43 bits per heavy atom. The van der Waals surface area contributed by atoms with Crippen LogP contribution in [0.1, 0.15) is 5.56 Å². The number of methoxy groups -OCH3 is 1. The maximum atomic E-state index is 5.04. The SMILES string of the molecule is COc1ccc(CSC(=S)[S-])cc1.[Na+]. The number of thiocarbonyl (C=S) groups is 1. The van der Waals surface area contributed by atoms with Gasteiger partial charge in [-0.15, -0.1) is 11.8 Å². The molecule has 0 atom stereocenters. The molecule has 0 spiro atoms. The van der Waals surface area contributed by atoms with Crippen LogP contribution >= 0.6 is 24.0 Å². The molecule has 0 aliphatic carbocycles. The topological polar surface area (TPSA) is 9.23 Å². The van der Waals surface area contributed by atoms with E-state index in [1.807, 2.05) is 24.3 Å². The molecule has 0 aliphatic rings. The van der Waals surface area contributed by atoms with Gasteiger partial charge >= 0.3 is 29.6 Å². The molecule has 0 saturated heterocycles. The molecule has 0 fully saturated rings. The minimum atomic E-state index is 0. The van der Waals surface area contributed by atoms with Crippen LogP contribution in [0, 0.1) is 0 Å². The fraction of sp³-hybridized carbons (Fsp3) is 0.222. The van der Waals surface area contributed by atoms with Crippen LogP contribution in [-0.4, -0.2) is 10.6 Å². The van der Waals surface area contributed by atoms with Crippen molar-refractivity contribution in [2.24, 2.45) is 0 Å². The number of hydrogen-bond acceptors (Lipinski definition) is 4. The zero-order valence-corrected chi connectivity index (χ0v) is 12.6. The van der Waals surface area contributed by atoms with E-state index in [-0.39, 0.29) is 29.6 Å². The van der Waals surface area contributed by atoms with Crippen LogP contribution < -0.4 is 34.3 Å². The van der Waals surface area contributed by atoms with E-state index in [9.17, 15) is 0 Å². The summed E-state index contributed by atoms with van der Waals surface area (Å²) in [6, 6.07) is 7.89. The summed E-state index contributed by atoms with van der Waals surface area (Å²) in [6.45, 7) is 0. The number of benzene rings is 1. The summed E-state index contributed by atoms with van der Waals surface area (Å²) in [5.74, 6) is 1.71. The first-order chi connectivity index (χ1) is 6.22. The zero-order chi connectivity index (χ0) is 9.68. The third-order valence-corrected chi connectivity index (χ3v) is 2.94. The largest absolute Gasteiger partial charge is 1.00 e. The molecule has 1 aromatic rings. The van der Waals surface area contributed by atoms with Crippen molar-refractivity contribution in [2.45, 2.75) is 5.75 Å². The Morgan fingerprint density at radius 2 is 2.00 bits per heavy atom. The molecular weight excluding hydrogens is 243 g/mol. The van der Waals surface area contributed by atoms with E-state index < -0.39 is 0 Å². The maximum absolute atomic E-state index is 5.04. The van der Waals surface area contributed by atoms with E-state index in [2.05, 4.69) is 0 Å². The molecule has 14 heavy (non-hydrogen) atoms. The van der Waals surface area contributed by atoms with Crippen LogP contribution in [-0.2, 0) is 18.4 Å². The molecule has 0 N–H and O–H groups in total. The average Bonchev–Trinajstić information content (AvgIpc) is 2.15. The smallest absolute Gasteiger partial charge is 0.497 e. The Kier molecular flexibility index (Phi) is 8.29. The summed E-state index contributed by atoms with van der Waals surface area (Å²) in [6.07, 6.45) is 0. The molecule has 0 radical (unpaired) electrons. The molecule has 5 heteroatoms. The van der Waals surface area contributed by atoms with Gasteiger partial charge in [-0.05, 0) is 17.7 Å². The van der Waals surface area contributed by atoms with Crippen molar-refractivity contribution in [3.63, 3.8) is 0 Å². The van der Waals surface area contributed by atoms with E-state index in [1.165, 1.54) is 17.3 Å². The predicted octanol–water partition coefficient (Wildman–Crippen LogP) is -0.236. The van der Waals surface area contributed by atoms with Gasteiger partial charge < -0.3 is 29.6 Å². The van der Waals surface area contributed by atoms with Crippen molar-refractivity contribution in [1.29, 1.82) is 0 Å². The van der Waals surface area contributed by atoms with Gasteiger partial charge in [-0.1, -0.05) is 15.7 Å². The Morgan fingerprint density at radius 1 is 1.43 bits per heavy atom. The van der Waals surface area contributed by atoms with Crippen LogP contribution in [0.25, 0.3) is 0 Å². The van der Waals surface area contributed by atoms with Gasteiger partial charge in [0.1, 0.15) is 5.75 Å². The summed E-state index contributed by atoms with van der Waals surface area (Å²) in [7, 11) is 1.65. The second-order valence-corrected chi connectivity index (χ2v) is 4.96. The van der Waals surface area contributed by atoms with Crippen molar-refractivity contribution < 1.29 is 34.3 Å². The van der Waals surface area contributed by atoms with Gasteiger partial charge in [0.15, 0.2) is 0 Å². The minimum absolute atomic E-state index is 0. The fourth-order valence-corrected chi connectivity index (χ4v) is 1.69. The third kappa shape index (κ3) is 5.53. The van der Waals surface area contributed by atoms with Crippen molar-refractivity contribution in [1.82, 2.24) is 0 Å². The molecule has 0 unspecified atom stereocenters. The third-order valence-electron chi connectivity index (χ3n) is 1.52. The zero-order valence-electron chi connectivity index (χ0n) is 8.15. The van der Waals surface area contributed by atoms with Gasteiger partial charge in [0.2, 0.25) is 0 Å². The van der Waals surface area contributed by atoms with E-state index >= 15 is 0 Å². The standard InChI is InChI=1S/C9H10OS3.Na/c1-10-8-4-2-7(3-5-8)6-13-9(11)12;/h2-5H,6H2,1H3,(H,11,12);/q;+1/p-1. The van der Waals surface area contributed by atoms with E-state index in [0.29, 0.717) is 3.53 Å². The van der Waals surface area contributed by atoms with E-state index in [1.54, 1.807) is 7.11 Å². The maximum Gasteiger partial charge on any atom is 1.00 e. The van der Waals surface area contributed by atoms with Crippen molar-refractivity contribution in [2.75, 3.05) is 7.11 Å². The fourth-order valence-electron chi connectivity index (χ4n) is 0.864. The molecule has 0 heterocycles. The van der Waals surface area contributed by atoms with Gasteiger partial charge in [-0.25, -0.2) is 0 Å². The molecule has 70 valence electrons. The summed E-state index contributed by atoms with van der Waals surface area (Å²) < 4.78 is 5.61. The van der Waals surface area contributed by atoms with E-state index in [0.717, 1.165) is 11.5 Å². The Bertz CT molecular complexity index is 287. The molecule has 1 nitrogen and oxygen atoms in total. The summed E-state index contributed by atoms with van der Waals surface area (Å²) >= 11 is 11.1. The van der Waals surface area contributed by atoms with Gasteiger partial charge in [0.05, 0.1) is 7.11 Å². The summed E-state index contributed by atoms with van der Waals surface area (Å²) in [4.78, 5) is 0. The quantitative estimate of drug-likeness (QED) is 0.417. The predicted molar refractivity (Wildman–Crippen MR) is 64.3 cm³/mol. The summed E-state index contributed by atoms with van der Waals surface area (Å²) in [5, 5.41) is 0. The van der Waals surface area contributed by atoms with Crippen LogP contribution in [0.15, 0.2) is 24.3 Å². The van der Waals surface area contributed by atoms with Crippen LogP contribution in [0.2, 0.25) is 0 Å². The first-order valence-electron chi connectivity index (χ1n) is 3.69. The van der Waals surface area contributed by atoms with Crippen LogP contribution in [0.3, 0.4) is 0 Å². The Labute approximate surface area is 122 Å². The molecule has 0 bridgehead atoms. The average molecular weight is 252 g/mol. The second kappa shape index (κ2) is 7.91. The van der Waals surface area contributed by atoms with Crippen molar-refractivity contribution in [3.05, 3.63) is 29.8 Å². The number of ether oxygens (including phenoxy) is 1. The number of thioether (sulfide) groups is 1. The van der Waals surface area contributed by atoms with Gasteiger partial charge in [0.25, 0.3) is 0 Å². The Balaban J connectivity index is 0.00000169. The number of rotatable bonds is 3. The normalized spacial score (nSPS) is 8.93. The first kappa shape index (κ1) is 14.7. The molecular formula is C9H9NaOS3. The van der Waals surface area contributed by atoms with E-state index in [4.69, 9.17) is 29.6 Å². The summed E-state index contributed by atoms with van der Waals surface area (Å²) in [5.41, 5.74) is 1.21. The number of hydrogen-bond donors (Lipinski definition) is 0. The molecule has 1 rings (SSSR count). The van der Waals surface area contributed by atoms with Crippen LogP contribution in [0.4, 0.5) is 0 Å². The molecule has 0 aliphatic heterocycles.